The summed E-state index contributed by atoms with van der Waals surface area (Å²) in [7, 11) is 5.75. The van der Waals surface area contributed by atoms with Crippen LogP contribution in [0, 0.1) is 11.3 Å². The molecule has 1 aliphatic heterocycles. The second-order valence-electron chi connectivity index (χ2n) is 9.42. The number of ether oxygens (including phenoxy) is 1. The number of piperidine rings is 1. The number of nitrogens with zero attached hydrogens (tertiary/aromatic N) is 5. The molecule has 10 nitrogen and oxygen atoms in total. The zero-order valence-electron chi connectivity index (χ0n) is 22.2. The van der Waals surface area contributed by atoms with Crippen LogP contribution in [0.2, 0.25) is 5.02 Å². The van der Waals surface area contributed by atoms with Crippen molar-refractivity contribution in [3.63, 3.8) is 0 Å². The Labute approximate surface area is 233 Å². The van der Waals surface area contributed by atoms with Gasteiger partial charge in [-0.05, 0) is 51.2 Å². The quantitative estimate of drug-likeness (QED) is 0.331. The third kappa shape index (κ3) is 6.39. The Morgan fingerprint density at radius 2 is 2.00 bits per heavy atom. The molecule has 0 bridgehead atoms. The predicted octanol–water partition coefficient (Wildman–Crippen LogP) is 4.53. The minimum absolute atomic E-state index is 0.127. The van der Waals surface area contributed by atoms with Gasteiger partial charge in [0.25, 0.3) is 0 Å². The van der Waals surface area contributed by atoms with E-state index in [1.807, 2.05) is 24.3 Å². The van der Waals surface area contributed by atoms with Crippen LogP contribution < -0.4 is 26.0 Å². The van der Waals surface area contributed by atoms with E-state index in [-0.39, 0.29) is 17.1 Å². The molecule has 39 heavy (non-hydrogen) atoms. The molecule has 0 radical (unpaired) electrons. The van der Waals surface area contributed by atoms with Crippen molar-refractivity contribution < 1.29 is 9.53 Å². The van der Waals surface area contributed by atoms with Gasteiger partial charge < -0.3 is 30.9 Å². The number of carbonyl (C=O) groups is 1. The van der Waals surface area contributed by atoms with Crippen molar-refractivity contribution in [3.8, 4) is 11.8 Å². The summed E-state index contributed by atoms with van der Waals surface area (Å²) in [5.74, 6) is 0.485. The maximum atomic E-state index is 12.1. The third-order valence-electron chi connectivity index (χ3n) is 6.73. The maximum Gasteiger partial charge on any atom is 0.248 e. The topological polar surface area (TPSA) is 132 Å². The van der Waals surface area contributed by atoms with Crippen LogP contribution in [0.15, 0.2) is 49.2 Å². The number of amides is 1. The number of nitrogens with two attached hydrogens (primary N) is 1. The fraction of sp³-hybridized carbons (Fsp3) is 0.286. The zero-order valence-corrected chi connectivity index (χ0v) is 22.9. The van der Waals surface area contributed by atoms with Crippen LogP contribution in [0.5, 0.6) is 5.75 Å². The van der Waals surface area contributed by atoms with Gasteiger partial charge in [0.2, 0.25) is 11.9 Å². The summed E-state index contributed by atoms with van der Waals surface area (Å²) < 4.78 is 5.27. The fourth-order valence-electron chi connectivity index (χ4n) is 4.49. The summed E-state index contributed by atoms with van der Waals surface area (Å²) in [6, 6.07) is 13.4. The first-order valence-corrected chi connectivity index (χ1v) is 12.8. The number of aromatic nitrogens is 2. The van der Waals surface area contributed by atoms with E-state index in [1.54, 1.807) is 19.2 Å². The van der Waals surface area contributed by atoms with Gasteiger partial charge in [-0.1, -0.05) is 24.2 Å². The molecular weight excluding hydrogens is 516 g/mol. The van der Waals surface area contributed by atoms with Crippen molar-refractivity contribution in [1.82, 2.24) is 14.9 Å². The molecule has 0 atom stereocenters. The molecule has 3 aromatic rings. The molecule has 0 spiro atoms. The molecule has 0 saturated carbocycles. The molecular formula is C28H31ClN8O2. The average Bonchev–Trinajstić information content (AvgIpc) is 2.93. The van der Waals surface area contributed by atoms with Crippen LogP contribution in [0.4, 0.5) is 28.8 Å². The van der Waals surface area contributed by atoms with Crippen LogP contribution >= 0.6 is 11.6 Å². The number of benzene rings is 2. The van der Waals surface area contributed by atoms with E-state index in [0.29, 0.717) is 39.6 Å². The number of hydrogen-bond acceptors (Lipinski definition) is 9. The number of hydrogen-bond donors (Lipinski definition) is 3. The van der Waals surface area contributed by atoms with Gasteiger partial charge in [0.05, 0.1) is 29.7 Å². The first-order valence-electron chi connectivity index (χ1n) is 12.4. The molecule has 1 fully saturated rings. The summed E-state index contributed by atoms with van der Waals surface area (Å²) in [5, 5.41) is 16.4. The third-order valence-corrected chi connectivity index (χ3v) is 7.04. The first kappa shape index (κ1) is 27.7. The number of halogens is 1. The predicted molar refractivity (Wildman–Crippen MR) is 155 cm³/mol. The van der Waals surface area contributed by atoms with E-state index in [4.69, 9.17) is 22.1 Å². The van der Waals surface area contributed by atoms with E-state index in [1.165, 1.54) is 6.20 Å². The molecule has 0 unspecified atom stereocenters. The molecule has 4 N–H and O–H groups in total. The number of rotatable bonds is 9. The maximum absolute atomic E-state index is 12.1. The van der Waals surface area contributed by atoms with Crippen molar-refractivity contribution in [2.24, 2.45) is 5.73 Å². The van der Waals surface area contributed by atoms with Crippen molar-refractivity contribution in [3.05, 3.63) is 65.3 Å². The Hall–Kier alpha value is -4.33. The average molecular weight is 547 g/mol. The molecule has 202 valence electrons. The molecule has 1 saturated heterocycles. The smallest absolute Gasteiger partial charge is 0.248 e. The van der Waals surface area contributed by atoms with Crippen LogP contribution in [0.1, 0.15) is 24.0 Å². The molecule has 1 amide bonds. The fourth-order valence-corrected chi connectivity index (χ4v) is 4.77. The van der Waals surface area contributed by atoms with Gasteiger partial charge in [0, 0.05) is 42.0 Å². The minimum Gasteiger partial charge on any atom is -0.497 e. The Morgan fingerprint density at radius 3 is 2.64 bits per heavy atom. The van der Waals surface area contributed by atoms with Crippen LogP contribution in [0.25, 0.3) is 5.57 Å². The summed E-state index contributed by atoms with van der Waals surface area (Å²) in [6.45, 7) is 5.56. The van der Waals surface area contributed by atoms with Gasteiger partial charge in [-0.25, -0.2) is 4.98 Å². The molecule has 0 aliphatic carbocycles. The Balaban J connectivity index is 1.66. The summed E-state index contributed by atoms with van der Waals surface area (Å²) in [4.78, 5) is 25.4. The second kappa shape index (κ2) is 12.0. The van der Waals surface area contributed by atoms with Crippen molar-refractivity contribution in [2.75, 3.05) is 49.8 Å². The van der Waals surface area contributed by atoms with E-state index >= 15 is 0 Å². The molecule has 4 rings (SSSR count). The van der Waals surface area contributed by atoms with Gasteiger partial charge in [0.15, 0.2) is 5.82 Å². The highest BCUT2D eigenvalue weighted by Crippen LogP contribution is 2.37. The Kier molecular flexibility index (Phi) is 8.54. The number of nitrogens with one attached hydrogen (secondary N) is 2. The highest BCUT2D eigenvalue weighted by atomic mass is 35.5. The van der Waals surface area contributed by atoms with E-state index in [9.17, 15) is 10.1 Å². The van der Waals surface area contributed by atoms with Crippen LogP contribution in [-0.4, -0.2) is 61.1 Å². The molecule has 2 heterocycles. The van der Waals surface area contributed by atoms with Gasteiger partial charge >= 0.3 is 0 Å². The van der Waals surface area contributed by atoms with Crippen molar-refractivity contribution in [1.29, 1.82) is 5.26 Å². The summed E-state index contributed by atoms with van der Waals surface area (Å²) >= 11 is 6.75. The number of carbonyl (C=O) groups excluding carboxylic acids is 1. The lowest BCUT2D eigenvalue weighted by Crippen LogP contribution is -2.42. The zero-order chi connectivity index (χ0) is 28.1. The SMILES string of the molecule is C=C(C(N)=O)c1cc(N2CCC(N(C)C)CC2)c(Cl)cc1Nc1ncc(C#N)c(Nc2cccc(OC)c2)n1. The second-order valence-corrected chi connectivity index (χ2v) is 9.83. The monoisotopic (exact) mass is 546 g/mol. The van der Waals surface area contributed by atoms with Crippen LogP contribution in [0.3, 0.4) is 0 Å². The first-order chi connectivity index (χ1) is 18.7. The number of anilines is 5. The highest BCUT2D eigenvalue weighted by molar-refractivity contribution is 6.34. The van der Waals surface area contributed by atoms with E-state index in [2.05, 4.69) is 57.1 Å². The normalized spacial score (nSPS) is 13.6. The van der Waals surface area contributed by atoms with E-state index < -0.39 is 5.91 Å². The number of primary amides is 1. The van der Waals surface area contributed by atoms with Crippen molar-refractivity contribution in [2.45, 2.75) is 18.9 Å². The van der Waals surface area contributed by atoms with Crippen molar-refractivity contribution >= 4 is 51.9 Å². The van der Waals surface area contributed by atoms with Crippen LogP contribution in [-0.2, 0) is 4.79 Å². The number of methoxy groups -OCH3 is 1. The minimum atomic E-state index is -0.654. The summed E-state index contributed by atoms with van der Waals surface area (Å²) in [6.07, 6.45) is 3.40. The van der Waals surface area contributed by atoms with Gasteiger partial charge in [-0.3, -0.25) is 4.79 Å². The molecule has 2 aromatic carbocycles. The standard InChI is InChI=1S/C28H31ClN8O2/c1-17(26(31)38)22-13-25(37-10-8-20(9-11-37)36(2)3)23(29)14-24(22)34-28-32-16-18(15-30)27(35-28)33-19-6-5-7-21(12-19)39-4/h5-7,12-14,16,20H,1,8-11H2,2-4H3,(H2,31,38)(H2,32,33,34,35). The molecule has 11 heteroatoms. The Bertz CT molecular complexity index is 1430. The summed E-state index contributed by atoms with van der Waals surface area (Å²) in [5.41, 5.74) is 8.44. The number of nitriles is 1. The lowest BCUT2D eigenvalue weighted by Gasteiger charge is -2.37. The molecule has 1 aliphatic rings. The lowest BCUT2D eigenvalue weighted by atomic mass is 10.00. The van der Waals surface area contributed by atoms with Gasteiger partial charge in [-0.2, -0.15) is 10.2 Å². The molecule has 1 aromatic heterocycles. The van der Waals surface area contributed by atoms with Gasteiger partial charge in [-0.15, -0.1) is 0 Å². The van der Waals surface area contributed by atoms with Gasteiger partial charge in [0.1, 0.15) is 17.4 Å². The van der Waals surface area contributed by atoms with E-state index in [0.717, 1.165) is 31.6 Å². The lowest BCUT2D eigenvalue weighted by molar-refractivity contribution is -0.112. The largest absolute Gasteiger partial charge is 0.497 e. The highest BCUT2D eigenvalue weighted by Gasteiger charge is 2.24. The Morgan fingerprint density at radius 1 is 1.26 bits per heavy atom.